The van der Waals surface area contributed by atoms with Crippen molar-refractivity contribution in [3.63, 3.8) is 0 Å². The summed E-state index contributed by atoms with van der Waals surface area (Å²) in [4.78, 5) is 13.4. The highest BCUT2D eigenvalue weighted by Crippen LogP contribution is 2.20. The number of aliphatic imine (C=N–C) groups is 1. The number of rotatable bonds is 9. The summed E-state index contributed by atoms with van der Waals surface area (Å²) in [5.74, 6) is 2.63. The summed E-state index contributed by atoms with van der Waals surface area (Å²) < 4.78 is 7.96. The minimum absolute atomic E-state index is 0.479. The van der Waals surface area contributed by atoms with Gasteiger partial charge in [0.25, 0.3) is 0 Å². The van der Waals surface area contributed by atoms with Crippen molar-refractivity contribution in [2.45, 2.75) is 65.0 Å². The van der Waals surface area contributed by atoms with Crippen molar-refractivity contribution in [3.05, 3.63) is 42.1 Å². The number of aromatic nitrogens is 3. The maximum Gasteiger partial charge on any atom is 0.191 e. The molecule has 0 atom stereocenters. The molecule has 0 aliphatic heterocycles. The normalized spacial score (nSPS) is 15.4. The minimum Gasteiger partial charge on any atom is -0.378 e. The number of imidazole rings is 1. The van der Waals surface area contributed by atoms with E-state index in [9.17, 15) is 0 Å². The van der Waals surface area contributed by atoms with Crippen molar-refractivity contribution in [3.8, 4) is 5.82 Å². The van der Waals surface area contributed by atoms with Crippen molar-refractivity contribution < 1.29 is 4.74 Å². The van der Waals surface area contributed by atoms with Gasteiger partial charge < -0.3 is 15.4 Å². The van der Waals surface area contributed by atoms with E-state index in [0.29, 0.717) is 12.6 Å². The van der Waals surface area contributed by atoms with E-state index in [-0.39, 0.29) is 0 Å². The summed E-state index contributed by atoms with van der Waals surface area (Å²) in [7, 11) is 0. The third kappa shape index (κ3) is 6.85. The Morgan fingerprint density at radius 2 is 2.07 bits per heavy atom. The minimum atomic E-state index is 0.479. The van der Waals surface area contributed by atoms with Crippen LogP contribution in [0.3, 0.4) is 0 Å². The van der Waals surface area contributed by atoms with Crippen LogP contribution >= 0.6 is 0 Å². The number of pyridine rings is 1. The van der Waals surface area contributed by atoms with Crippen LogP contribution in [-0.4, -0.2) is 46.3 Å². The largest absolute Gasteiger partial charge is 0.378 e. The van der Waals surface area contributed by atoms with E-state index >= 15 is 0 Å². The van der Waals surface area contributed by atoms with Gasteiger partial charge in [-0.15, -0.1) is 0 Å². The SMILES string of the molecule is CCNC(=NCc1ccc(-n2ccnc2C)nc1)NCCCOC1CCCCC1. The molecule has 0 radical (unpaired) electrons. The van der Waals surface area contributed by atoms with E-state index in [1.54, 1.807) is 6.20 Å². The molecule has 0 aromatic carbocycles. The second-order valence-electron chi connectivity index (χ2n) is 7.48. The molecule has 1 saturated carbocycles. The van der Waals surface area contributed by atoms with Gasteiger partial charge in [-0.05, 0) is 44.7 Å². The maximum absolute atomic E-state index is 5.99. The van der Waals surface area contributed by atoms with Gasteiger partial charge in [0.15, 0.2) is 5.96 Å². The van der Waals surface area contributed by atoms with Crippen LogP contribution in [0, 0.1) is 6.92 Å². The molecule has 2 aromatic heterocycles. The fraction of sp³-hybridized carbons (Fsp3) is 0.591. The van der Waals surface area contributed by atoms with Crippen LogP contribution < -0.4 is 10.6 Å². The first-order valence-corrected chi connectivity index (χ1v) is 10.9. The summed E-state index contributed by atoms with van der Waals surface area (Å²) in [5, 5.41) is 6.70. The molecule has 2 heterocycles. The van der Waals surface area contributed by atoms with E-state index in [2.05, 4.69) is 38.6 Å². The molecule has 1 fully saturated rings. The molecule has 1 aliphatic rings. The number of guanidine groups is 1. The van der Waals surface area contributed by atoms with Crippen LogP contribution in [0.25, 0.3) is 5.82 Å². The topological polar surface area (TPSA) is 76.4 Å². The number of hydrogen-bond acceptors (Lipinski definition) is 4. The first-order valence-electron chi connectivity index (χ1n) is 10.9. The van der Waals surface area contributed by atoms with E-state index in [0.717, 1.165) is 49.3 Å². The molecule has 7 heteroatoms. The average Bonchev–Trinajstić information content (AvgIpc) is 3.18. The Labute approximate surface area is 174 Å². The third-order valence-corrected chi connectivity index (χ3v) is 5.16. The Bertz CT molecular complexity index is 749. The third-order valence-electron chi connectivity index (χ3n) is 5.16. The molecule has 0 unspecified atom stereocenters. The van der Waals surface area contributed by atoms with Crippen LogP contribution in [0.1, 0.15) is 56.8 Å². The van der Waals surface area contributed by atoms with Crippen molar-refractivity contribution in [2.24, 2.45) is 4.99 Å². The molecule has 0 bridgehead atoms. The lowest BCUT2D eigenvalue weighted by molar-refractivity contribution is 0.0277. The van der Waals surface area contributed by atoms with Crippen LogP contribution in [0.15, 0.2) is 35.7 Å². The van der Waals surface area contributed by atoms with E-state index < -0.39 is 0 Å². The van der Waals surface area contributed by atoms with Gasteiger partial charge in [-0.2, -0.15) is 0 Å². The summed E-state index contributed by atoms with van der Waals surface area (Å²) in [5.41, 5.74) is 1.07. The van der Waals surface area contributed by atoms with Gasteiger partial charge in [0.05, 0.1) is 12.6 Å². The molecule has 0 saturated heterocycles. The molecule has 158 valence electrons. The molecule has 2 N–H and O–H groups in total. The van der Waals surface area contributed by atoms with Gasteiger partial charge in [0.2, 0.25) is 0 Å². The molecule has 0 amide bonds. The summed E-state index contributed by atoms with van der Waals surface area (Å²) in [6, 6.07) is 4.06. The van der Waals surface area contributed by atoms with E-state index in [1.807, 2.05) is 30.0 Å². The Morgan fingerprint density at radius 3 is 2.76 bits per heavy atom. The predicted octanol–water partition coefficient (Wildman–Crippen LogP) is 3.37. The van der Waals surface area contributed by atoms with Crippen molar-refractivity contribution in [1.29, 1.82) is 0 Å². The quantitative estimate of drug-likeness (QED) is 0.385. The molecule has 7 nitrogen and oxygen atoms in total. The second kappa shape index (κ2) is 11.6. The Hall–Kier alpha value is -2.41. The molecule has 1 aliphatic carbocycles. The fourth-order valence-electron chi connectivity index (χ4n) is 3.55. The van der Waals surface area contributed by atoms with Crippen LogP contribution in [0.2, 0.25) is 0 Å². The molecule has 2 aromatic rings. The number of hydrogen-bond donors (Lipinski definition) is 2. The van der Waals surface area contributed by atoms with Crippen molar-refractivity contribution in [2.75, 3.05) is 19.7 Å². The van der Waals surface area contributed by atoms with Crippen LogP contribution in [-0.2, 0) is 11.3 Å². The zero-order valence-electron chi connectivity index (χ0n) is 17.7. The summed E-state index contributed by atoms with van der Waals surface area (Å²) in [6.45, 7) is 7.14. The standard InChI is InChI=1S/C22H34N6O/c1-3-23-22(25-12-7-15-29-20-8-5-4-6-9-20)27-17-19-10-11-21(26-16-19)28-14-13-24-18(28)2/h10-11,13-14,16,20H,3-9,12,15,17H2,1-2H3,(H2,23,25,27). The maximum atomic E-state index is 5.99. The van der Waals surface area contributed by atoms with Gasteiger partial charge in [-0.3, -0.25) is 4.57 Å². The summed E-state index contributed by atoms with van der Waals surface area (Å²) >= 11 is 0. The van der Waals surface area contributed by atoms with Gasteiger partial charge in [0, 0.05) is 38.3 Å². The molecular formula is C22H34N6O. The van der Waals surface area contributed by atoms with Crippen LogP contribution in [0.5, 0.6) is 0 Å². The number of ether oxygens (including phenoxy) is 1. The molecule has 0 spiro atoms. The zero-order valence-corrected chi connectivity index (χ0v) is 17.7. The number of aryl methyl sites for hydroxylation is 1. The highest BCUT2D eigenvalue weighted by molar-refractivity contribution is 5.79. The highest BCUT2D eigenvalue weighted by atomic mass is 16.5. The van der Waals surface area contributed by atoms with E-state index in [4.69, 9.17) is 4.74 Å². The zero-order chi connectivity index (χ0) is 20.3. The second-order valence-corrected chi connectivity index (χ2v) is 7.48. The fourth-order valence-corrected chi connectivity index (χ4v) is 3.55. The van der Waals surface area contributed by atoms with E-state index in [1.165, 1.54) is 32.1 Å². The Balaban J connectivity index is 1.42. The lowest BCUT2D eigenvalue weighted by Crippen LogP contribution is -2.38. The summed E-state index contributed by atoms with van der Waals surface area (Å²) in [6.07, 6.45) is 13.5. The smallest absolute Gasteiger partial charge is 0.191 e. The molecule has 3 rings (SSSR count). The monoisotopic (exact) mass is 398 g/mol. The first-order chi connectivity index (χ1) is 14.3. The van der Waals surface area contributed by atoms with Crippen molar-refractivity contribution in [1.82, 2.24) is 25.2 Å². The van der Waals surface area contributed by atoms with Crippen molar-refractivity contribution >= 4 is 5.96 Å². The molecule has 29 heavy (non-hydrogen) atoms. The van der Waals surface area contributed by atoms with Gasteiger partial charge in [-0.1, -0.05) is 25.3 Å². The first kappa shape index (κ1) is 21.3. The average molecular weight is 399 g/mol. The molecular weight excluding hydrogens is 364 g/mol. The Morgan fingerprint density at radius 1 is 1.21 bits per heavy atom. The Kier molecular flexibility index (Phi) is 8.49. The predicted molar refractivity (Wildman–Crippen MR) is 116 cm³/mol. The highest BCUT2D eigenvalue weighted by Gasteiger charge is 2.13. The number of nitrogens with one attached hydrogen (secondary N) is 2. The van der Waals surface area contributed by atoms with Gasteiger partial charge in [0.1, 0.15) is 11.6 Å². The van der Waals surface area contributed by atoms with Gasteiger partial charge in [-0.25, -0.2) is 15.0 Å². The lowest BCUT2D eigenvalue weighted by atomic mass is 9.98. The number of nitrogens with zero attached hydrogens (tertiary/aromatic N) is 4. The van der Waals surface area contributed by atoms with Gasteiger partial charge >= 0.3 is 0 Å². The lowest BCUT2D eigenvalue weighted by Gasteiger charge is -2.22. The van der Waals surface area contributed by atoms with Crippen LogP contribution in [0.4, 0.5) is 0 Å².